The van der Waals surface area contributed by atoms with Crippen LogP contribution in [0.25, 0.3) is 5.69 Å². The maximum absolute atomic E-state index is 4.50. The number of pyridine rings is 2. The number of aromatic nitrogens is 5. The first kappa shape index (κ1) is 16.7. The third-order valence-electron chi connectivity index (χ3n) is 4.05. The van der Waals surface area contributed by atoms with E-state index < -0.39 is 0 Å². The molecule has 0 aliphatic rings. The minimum Gasteiger partial charge on any atom is -0.355 e. The molecule has 4 aromatic rings. The summed E-state index contributed by atoms with van der Waals surface area (Å²) >= 11 is 0. The summed E-state index contributed by atoms with van der Waals surface area (Å²) in [6.45, 7) is 0.725. The fourth-order valence-electron chi connectivity index (χ4n) is 2.70. The van der Waals surface area contributed by atoms with Crippen LogP contribution in [0.4, 0.5) is 17.5 Å². The molecule has 0 aliphatic heterocycles. The highest BCUT2D eigenvalue weighted by molar-refractivity contribution is 5.53. The van der Waals surface area contributed by atoms with Crippen LogP contribution in [0.5, 0.6) is 0 Å². The van der Waals surface area contributed by atoms with Gasteiger partial charge in [0, 0.05) is 43.9 Å². The van der Waals surface area contributed by atoms with Gasteiger partial charge in [0.05, 0.1) is 5.69 Å². The Morgan fingerprint density at radius 2 is 1.89 bits per heavy atom. The van der Waals surface area contributed by atoms with Crippen molar-refractivity contribution >= 4 is 17.5 Å². The van der Waals surface area contributed by atoms with Crippen LogP contribution in [0, 0.1) is 0 Å². The van der Waals surface area contributed by atoms with Gasteiger partial charge < -0.3 is 10.2 Å². The topological polar surface area (TPSA) is 71.8 Å². The normalized spacial score (nSPS) is 10.6. The summed E-state index contributed by atoms with van der Waals surface area (Å²) in [5.74, 6) is 1.40. The zero-order valence-corrected chi connectivity index (χ0v) is 14.9. The summed E-state index contributed by atoms with van der Waals surface area (Å²) in [5.41, 5.74) is 2.97. The molecule has 0 unspecified atom stereocenters. The molecule has 0 fully saturated rings. The van der Waals surface area contributed by atoms with Crippen LogP contribution in [0.3, 0.4) is 0 Å². The van der Waals surface area contributed by atoms with Crippen LogP contribution in [0.15, 0.2) is 79.5 Å². The quantitative estimate of drug-likeness (QED) is 0.570. The molecule has 27 heavy (non-hydrogen) atoms. The van der Waals surface area contributed by atoms with Gasteiger partial charge in [0.1, 0.15) is 12.1 Å². The summed E-state index contributed by atoms with van der Waals surface area (Å²) in [6.07, 6.45) is 7.09. The van der Waals surface area contributed by atoms with Crippen LogP contribution in [-0.4, -0.2) is 31.8 Å². The molecule has 3 heterocycles. The standard InChI is InChI=1S/C20H19N7/c1-26(14-16-6-5-10-21-13-16)19-12-18(9-11-22-19)27-15-23-20(25-27)24-17-7-3-2-4-8-17/h2-13,15H,14H2,1H3,(H,24,25). The van der Waals surface area contributed by atoms with E-state index in [0.717, 1.165) is 29.3 Å². The number of nitrogens with one attached hydrogen (secondary N) is 1. The summed E-state index contributed by atoms with van der Waals surface area (Å²) in [4.78, 5) is 15.0. The molecule has 4 rings (SSSR count). The predicted octanol–water partition coefficient (Wildman–Crippen LogP) is 3.44. The van der Waals surface area contributed by atoms with E-state index >= 15 is 0 Å². The van der Waals surface area contributed by atoms with Gasteiger partial charge >= 0.3 is 0 Å². The molecule has 1 N–H and O–H groups in total. The molecule has 0 atom stereocenters. The largest absolute Gasteiger partial charge is 0.355 e. The minimum absolute atomic E-state index is 0.545. The molecule has 0 aliphatic carbocycles. The van der Waals surface area contributed by atoms with Crippen molar-refractivity contribution in [3.05, 3.63) is 85.1 Å². The SMILES string of the molecule is CN(Cc1cccnc1)c1cc(-n2cnc(Nc3ccccc3)n2)ccn1. The number of hydrogen-bond acceptors (Lipinski definition) is 6. The van der Waals surface area contributed by atoms with E-state index in [1.54, 1.807) is 23.4 Å². The lowest BCUT2D eigenvalue weighted by Crippen LogP contribution is -2.18. The van der Waals surface area contributed by atoms with Crippen molar-refractivity contribution in [1.29, 1.82) is 0 Å². The van der Waals surface area contributed by atoms with Crippen LogP contribution >= 0.6 is 0 Å². The molecule has 3 aromatic heterocycles. The highest BCUT2D eigenvalue weighted by Crippen LogP contribution is 2.17. The van der Waals surface area contributed by atoms with E-state index in [4.69, 9.17) is 0 Å². The van der Waals surface area contributed by atoms with E-state index in [2.05, 4.69) is 30.3 Å². The Kier molecular flexibility index (Phi) is 4.74. The fraction of sp³-hybridized carbons (Fsp3) is 0.100. The number of nitrogens with zero attached hydrogens (tertiary/aromatic N) is 6. The molecule has 0 saturated carbocycles. The average molecular weight is 357 g/mol. The smallest absolute Gasteiger partial charge is 0.246 e. The lowest BCUT2D eigenvalue weighted by atomic mass is 10.2. The maximum atomic E-state index is 4.50. The molecule has 0 spiro atoms. The second-order valence-electron chi connectivity index (χ2n) is 6.09. The Balaban J connectivity index is 1.51. The summed E-state index contributed by atoms with van der Waals surface area (Å²) < 4.78 is 1.73. The van der Waals surface area contributed by atoms with Crippen molar-refractivity contribution in [3.63, 3.8) is 0 Å². The van der Waals surface area contributed by atoms with Gasteiger partial charge in [-0.15, -0.1) is 5.10 Å². The Labute approximate surface area is 157 Å². The Hall–Kier alpha value is -3.74. The van der Waals surface area contributed by atoms with Gasteiger partial charge in [-0.05, 0) is 29.8 Å². The lowest BCUT2D eigenvalue weighted by molar-refractivity contribution is 0.860. The van der Waals surface area contributed by atoms with Gasteiger partial charge in [-0.1, -0.05) is 24.3 Å². The summed E-state index contributed by atoms with van der Waals surface area (Å²) in [7, 11) is 2.00. The van der Waals surface area contributed by atoms with Crippen molar-refractivity contribution < 1.29 is 0 Å². The second-order valence-corrected chi connectivity index (χ2v) is 6.09. The van der Waals surface area contributed by atoms with Gasteiger partial charge in [0.15, 0.2) is 0 Å². The van der Waals surface area contributed by atoms with Crippen molar-refractivity contribution in [2.75, 3.05) is 17.3 Å². The first-order valence-corrected chi connectivity index (χ1v) is 8.58. The summed E-state index contributed by atoms with van der Waals surface area (Å²) in [6, 6.07) is 17.7. The van der Waals surface area contributed by atoms with Crippen LogP contribution in [-0.2, 0) is 6.54 Å². The number of para-hydroxylation sites is 1. The molecule has 7 heteroatoms. The van der Waals surface area contributed by atoms with E-state index in [-0.39, 0.29) is 0 Å². The highest BCUT2D eigenvalue weighted by Gasteiger charge is 2.08. The van der Waals surface area contributed by atoms with E-state index in [0.29, 0.717) is 5.95 Å². The van der Waals surface area contributed by atoms with Gasteiger partial charge in [-0.25, -0.2) is 9.67 Å². The fourth-order valence-corrected chi connectivity index (χ4v) is 2.70. The molecular formula is C20H19N7. The Morgan fingerprint density at radius 1 is 1.00 bits per heavy atom. The van der Waals surface area contributed by atoms with Crippen molar-refractivity contribution in [2.45, 2.75) is 6.54 Å². The molecule has 1 aromatic carbocycles. The van der Waals surface area contributed by atoms with Crippen molar-refractivity contribution in [3.8, 4) is 5.69 Å². The average Bonchev–Trinajstić information content (AvgIpc) is 3.18. The Bertz CT molecular complexity index is 999. The molecule has 134 valence electrons. The van der Waals surface area contributed by atoms with Crippen LogP contribution in [0.2, 0.25) is 0 Å². The molecule has 0 radical (unpaired) electrons. The van der Waals surface area contributed by atoms with Crippen molar-refractivity contribution in [1.82, 2.24) is 24.7 Å². The zero-order chi connectivity index (χ0) is 18.5. The van der Waals surface area contributed by atoms with E-state index in [1.165, 1.54) is 0 Å². The first-order chi connectivity index (χ1) is 13.3. The molecule has 7 nitrogen and oxygen atoms in total. The second kappa shape index (κ2) is 7.65. The van der Waals surface area contributed by atoms with E-state index in [1.807, 2.05) is 67.8 Å². The van der Waals surface area contributed by atoms with Crippen LogP contribution < -0.4 is 10.2 Å². The summed E-state index contributed by atoms with van der Waals surface area (Å²) in [5, 5.41) is 7.69. The van der Waals surface area contributed by atoms with E-state index in [9.17, 15) is 0 Å². The highest BCUT2D eigenvalue weighted by atomic mass is 15.4. The number of anilines is 3. The third-order valence-corrected chi connectivity index (χ3v) is 4.05. The molecule has 0 saturated heterocycles. The molecular weight excluding hydrogens is 338 g/mol. The first-order valence-electron chi connectivity index (χ1n) is 8.58. The maximum Gasteiger partial charge on any atom is 0.246 e. The number of hydrogen-bond donors (Lipinski definition) is 1. The van der Waals surface area contributed by atoms with Gasteiger partial charge in [0.2, 0.25) is 5.95 Å². The Morgan fingerprint density at radius 3 is 2.70 bits per heavy atom. The van der Waals surface area contributed by atoms with Gasteiger partial charge in [0.25, 0.3) is 0 Å². The van der Waals surface area contributed by atoms with Crippen LogP contribution in [0.1, 0.15) is 5.56 Å². The number of rotatable bonds is 6. The number of benzene rings is 1. The minimum atomic E-state index is 0.545. The molecule has 0 bridgehead atoms. The van der Waals surface area contributed by atoms with Crippen molar-refractivity contribution in [2.24, 2.45) is 0 Å². The molecule has 0 amide bonds. The predicted molar refractivity (Wildman–Crippen MR) is 105 cm³/mol. The zero-order valence-electron chi connectivity index (χ0n) is 14.9. The van der Waals surface area contributed by atoms with Gasteiger partial charge in [-0.3, -0.25) is 4.98 Å². The van der Waals surface area contributed by atoms with Gasteiger partial charge in [-0.2, -0.15) is 4.98 Å². The monoisotopic (exact) mass is 357 g/mol. The lowest BCUT2D eigenvalue weighted by Gasteiger charge is -2.18. The third kappa shape index (κ3) is 4.09.